The van der Waals surface area contributed by atoms with Gasteiger partial charge < -0.3 is 10.1 Å². The van der Waals surface area contributed by atoms with Gasteiger partial charge in [-0.15, -0.1) is 0 Å². The van der Waals surface area contributed by atoms with Gasteiger partial charge in [0.25, 0.3) is 11.8 Å². The molecule has 0 saturated heterocycles. The minimum Gasteiger partial charge on any atom is -0.453 e. The number of fused-ring (bicyclic) bond motifs is 1. The summed E-state index contributed by atoms with van der Waals surface area (Å²) < 4.78 is 19.7. The first-order chi connectivity index (χ1) is 15.0. The normalized spacial score (nSPS) is 12.6. The Bertz CT molecular complexity index is 1120. The zero-order valence-corrected chi connectivity index (χ0v) is 16.4. The minimum absolute atomic E-state index is 0.0234. The van der Waals surface area contributed by atoms with Crippen molar-refractivity contribution in [3.8, 4) is 11.5 Å². The number of carbonyl (C=O) groups excluding carboxylic acids is 3. The van der Waals surface area contributed by atoms with Crippen LogP contribution in [0.4, 0.5) is 4.39 Å². The molecule has 3 aromatic rings. The van der Waals surface area contributed by atoms with Crippen molar-refractivity contribution in [2.45, 2.75) is 13.0 Å². The van der Waals surface area contributed by atoms with Gasteiger partial charge >= 0.3 is 0 Å². The molecule has 1 aromatic heterocycles. The molecule has 1 N–H and O–H groups in total. The second-order valence-electron chi connectivity index (χ2n) is 6.89. The Balaban J connectivity index is 1.29. The molecule has 0 radical (unpaired) electrons. The highest BCUT2D eigenvalue weighted by Crippen LogP contribution is 2.25. The standard InChI is InChI=1S/C23H18FN3O4/c24-19-12-15(7-8-20(19)31-16-4-3-10-25-14-16)13-26-21(28)9-11-27-22(29)17-5-1-2-6-18(17)23(27)30/h1-8,10,12,14H,9,11,13H2,(H,26,28). The number of aromatic nitrogens is 1. The summed E-state index contributed by atoms with van der Waals surface area (Å²) in [4.78, 5) is 41.8. The van der Waals surface area contributed by atoms with Crippen molar-refractivity contribution in [3.05, 3.63) is 89.5 Å². The van der Waals surface area contributed by atoms with Crippen LogP contribution in [0.3, 0.4) is 0 Å². The molecular formula is C23H18FN3O4. The van der Waals surface area contributed by atoms with Crippen molar-refractivity contribution < 1.29 is 23.5 Å². The number of benzene rings is 2. The molecular weight excluding hydrogens is 401 g/mol. The Kier molecular flexibility index (Phi) is 5.70. The number of pyridine rings is 1. The predicted molar refractivity (Wildman–Crippen MR) is 109 cm³/mol. The highest BCUT2D eigenvalue weighted by atomic mass is 19.1. The zero-order chi connectivity index (χ0) is 21.8. The average Bonchev–Trinajstić information content (AvgIpc) is 3.03. The average molecular weight is 419 g/mol. The van der Waals surface area contributed by atoms with Gasteiger partial charge in [-0.25, -0.2) is 4.39 Å². The molecule has 0 fully saturated rings. The van der Waals surface area contributed by atoms with Crippen LogP contribution < -0.4 is 10.1 Å². The number of amides is 3. The Labute approximate surface area is 177 Å². The van der Waals surface area contributed by atoms with Gasteiger partial charge in [-0.05, 0) is 42.0 Å². The van der Waals surface area contributed by atoms with E-state index >= 15 is 0 Å². The monoisotopic (exact) mass is 419 g/mol. The third-order valence-corrected chi connectivity index (χ3v) is 4.79. The van der Waals surface area contributed by atoms with Gasteiger partial charge in [0.2, 0.25) is 5.91 Å². The Hall–Kier alpha value is -4.07. The number of ether oxygens (including phenoxy) is 1. The van der Waals surface area contributed by atoms with E-state index in [1.54, 1.807) is 48.7 Å². The molecule has 0 bridgehead atoms. The summed E-state index contributed by atoms with van der Waals surface area (Å²) in [5.41, 5.74) is 1.24. The maximum absolute atomic E-state index is 14.3. The molecule has 2 heterocycles. The quantitative estimate of drug-likeness (QED) is 0.594. The summed E-state index contributed by atoms with van der Waals surface area (Å²) in [7, 11) is 0. The molecule has 4 rings (SSSR count). The molecule has 0 unspecified atom stereocenters. The fraction of sp³-hybridized carbons (Fsp3) is 0.130. The first kappa shape index (κ1) is 20.2. The van der Waals surface area contributed by atoms with Crippen molar-refractivity contribution in [2.24, 2.45) is 0 Å². The van der Waals surface area contributed by atoms with E-state index in [1.807, 2.05) is 0 Å². The highest BCUT2D eigenvalue weighted by Gasteiger charge is 2.34. The molecule has 3 amide bonds. The number of rotatable bonds is 7. The Morgan fingerprint density at radius 1 is 1.03 bits per heavy atom. The van der Waals surface area contributed by atoms with Crippen LogP contribution in [0.2, 0.25) is 0 Å². The first-order valence-electron chi connectivity index (χ1n) is 9.61. The number of carbonyl (C=O) groups is 3. The van der Waals surface area contributed by atoms with Crippen molar-refractivity contribution in [1.82, 2.24) is 15.2 Å². The van der Waals surface area contributed by atoms with Crippen LogP contribution >= 0.6 is 0 Å². The number of nitrogens with one attached hydrogen (secondary N) is 1. The molecule has 8 heteroatoms. The van der Waals surface area contributed by atoms with Gasteiger partial charge in [-0.1, -0.05) is 18.2 Å². The van der Waals surface area contributed by atoms with E-state index in [0.29, 0.717) is 22.4 Å². The maximum atomic E-state index is 14.3. The maximum Gasteiger partial charge on any atom is 0.261 e. The Morgan fingerprint density at radius 2 is 1.77 bits per heavy atom. The van der Waals surface area contributed by atoms with Crippen LogP contribution in [-0.4, -0.2) is 34.2 Å². The van der Waals surface area contributed by atoms with Crippen molar-refractivity contribution in [1.29, 1.82) is 0 Å². The van der Waals surface area contributed by atoms with Crippen LogP contribution in [0.25, 0.3) is 0 Å². The van der Waals surface area contributed by atoms with E-state index in [4.69, 9.17) is 4.74 Å². The van der Waals surface area contributed by atoms with Crippen LogP contribution in [-0.2, 0) is 11.3 Å². The van der Waals surface area contributed by atoms with Gasteiger partial charge in [0.05, 0.1) is 17.3 Å². The fourth-order valence-corrected chi connectivity index (χ4v) is 3.22. The van der Waals surface area contributed by atoms with Crippen molar-refractivity contribution >= 4 is 17.7 Å². The molecule has 31 heavy (non-hydrogen) atoms. The molecule has 0 saturated carbocycles. The Morgan fingerprint density at radius 3 is 2.42 bits per heavy atom. The largest absolute Gasteiger partial charge is 0.453 e. The van der Waals surface area contributed by atoms with E-state index < -0.39 is 17.6 Å². The lowest BCUT2D eigenvalue weighted by atomic mass is 10.1. The summed E-state index contributed by atoms with van der Waals surface area (Å²) in [6.07, 6.45) is 3.02. The summed E-state index contributed by atoms with van der Waals surface area (Å²) >= 11 is 0. The number of nitrogens with zero attached hydrogens (tertiary/aromatic N) is 2. The van der Waals surface area contributed by atoms with Crippen molar-refractivity contribution in [3.63, 3.8) is 0 Å². The van der Waals surface area contributed by atoms with Crippen LogP contribution in [0, 0.1) is 5.82 Å². The molecule has 0 spiro atoms. The number of imide groups is 1. The van der Waals surface area contributed by atoms with Crippen LogP contribution in [0.15, 0.2) is 67.0 Å². The highest BCUT2D eigenvalue weighted by molar-refractivity contribution is 6.21. The molecule has 7 nitrogen and oxygen atoms in total. The molecule has 2 aromatic carbocycles. The van der Waals surface area contributed by atoms with Gasteiger partial charge in [-0.3, -0.25) is 24.3 Å². The predicted octanol–water partition coefficient (Wildman–Crippen LogP) is 3.32. The number of hydrogen-bond acceptors (Lipinski definition) is 5. The third-order valence-electron chi connectivity index (χ3n) is 4.79. The van der Waals surface area contributed by atoms with Gasteiger partial charge in [0.15, 0.2) is 11.6 Å². The van der Waals surface area contributed by atoms with E-state index in [9.17, 15) is 18.8 Å². The summed E-state index contributed by atoms with van der Waals surface area (Å²) in [6, 6.07) is 14.3. The van der Waals surface area contributed by atoms with Gasteiger partial charge in [-0.2, -0.15) is 0 Å². The van der Waals surface area contributed by atoms with E-state index in [2.05, 4.69) is 10.3 Å². The summed E-state index contributed by atoms with van der Waals surface area (Å²) in [5, 5.41) is 2.66. The second kappa shape index (κ2) is 8.74. The smallest absolute Gasteiger partial charge is 0.261 e. The van der Waals surface area contributed by atoms with Crippen LogP contribution in [0.1, 0.15) is 32.7 Å². The lowest BCUT2D eigenvalue weighted by molar-refractivity contribution is -0.121. The van der Waals surface area contributed by atoms with Crippen molar-refractivity contribution in [2.75, 3.05) is 6.54 Å². The molecule has 0 aliphatic carbocycles. The third kappa shape index (κ3) is 4.42. The van der Waals surface area contributed by atoms with E-state index in [-0.39, 0.29) is 31.2 Å². The van der Waals surface area contributed by atoms with E-state index in [1.165, 1.54) is 18.3 Å². The fourth-order valence-electron chi connectivity index (χ4n) is 3.22. The van der Waals surface area contributed by atoms with Crippen LogP contribution in [0.5, 0.6) is 11.5 Å². The van der Waals surface area contributed by atoms with E-state index in [0.717, 1.165) is 4.90 Å². The first-order valence-corrected chi connectivity index (χ1v) is 9.61. The van der Waals surface area contributed by atoms with Gasteiger partial charge in [0.1, 0.15) is 5.75 Å². The second-order valence-corrected chi connectivity index (χ2v) is 6.89. The minimum atomic E-state index is -0.568. The number of halogens is 1. The summed E-state index contributed by atoms with van der Waals surface area (Å²) in [5.74, 6) is -1.27. The molecule has 0 atom stereocenters. The topological polar surface area (TPSA) is 88.6 Å². The van der Waals surface area contributed by atoms with Gasteiger partial charge in [0, 0.05) is 25.7 Å². The lowest BCUT2D eigenvalue weighted by Crippen LogP contribution is -2.34. The zero-order valence-electron chi connectivity index (χ0n) is 16.4. The number of hydrogen-bond donors (Lipinski definition) is 1. The molecule has 156 valence electrons. The molecule has 1 aliphatic rings. The SMILES string of the molecule is O=C(CCN1C(=O)c2ccccc2C1=O)NCc1ccc(Oc2cccnc2)c(F)c1. The molecule has 1 aliphatic heterocycles. The lowest BCUT2D eigenvalue weighted by Gasteiger charge is -2.13. The summed E-state index contributed by atoms with van der Waals surface area (Å²) in [6.45, 7) is 0.0788.